The summed E-state index contributed by atoms with van der Waals surface area (Å²) >= 11 is 0. The fourth-order valence-electron chi connectivity index (χ4n) is 1.92. The Morgan fingerprint density at radius 3 is 2.64 bits per heavy atom. The third-order valence-electron chi connectivity index (χ3n) is 2.48. The zero-order valence-corrected chi connectivity index (χ0v) is 7.33. The lowest BCUT2D eigenvalue weighted by molar-refractivity contribution is 0.326. The molecule has 0 radical (unpaired) electrons. The van der Waals surface area contributed by atoms with Crippen LogP contribution in [0.4, 0.5) is 0 Å². The summed E-state index contributed by atoms with van der Waals surface area (Å²) in [6, 6.07) is 0.878. The maximum absolute atomic E-state index is 9.40. The summed E-state index contributed by atoms with van der Waals surface area (Å²) < 4.78 is 0. The van der Waals surface area contributed by atoms with Crippen LogP contribution in [0, 0.1) is 0 Å². The molecule has 62 valence electrons. The second kappa shape index (κ2) is 3.41. The van der Waals surface area contributed by atoms with Crippen molar-refractivity contribution in [3.8, 4) is 0 Å². The second-order valence-electron chi connectivity index (χ2n) is 3.31. The topological polar surface area (TPSA) is 23.5 Å². The quantitative estimate of drug-likeness (QED) is 0.474. The average molecular weight is 153 g/mol. The molecule has 1 rings (SSSR count). The van der Waals surface area contributed by atoms with E-state index in [1.54, 1.807) is 0 Å². The molecule has 1 unspecified atom stereocenters. The first kappa shape index (κ1) is 8.82. The Balaban J connectivity index is 2.63. The molecule has 0 saturated carbocycles. The number of hydrogen-bond acceptors (Lipinski definition) is 2. The van der Waals surface area contributed by atoms with E-state index in [4.69, 9.17) is 0 Å². The van der Waals surface area contributed by atoms with E-state index in [-0.39, 0.29) is 7.05 Å². The average Bonchev–Trinajstić information content (AvgIpc) is 2.30. The molecular weight excluding hydrogens is 137 g/mol. The zero-order valence-electron chi connectivity index (χ0n) is 7.33. The molecule has 0 aromatic rings. The van der Waals surface area contributed by atoms with Crippen LogP contribution in [-0.4, -0.2) is 29.0 Å². The fourth-order valence-corrected chi connectivity index (χ4v) is 1.92. The summed E-state index contributed by atoms with van der Waals surface area (Å²) in [5, 5.41) is 9.40. The molecule has 1 fully saturated rings. The molecule has 1 aliphatic rings. The van der Waals surface area contributed by atoms with Gasteiger partial charge in [-0.1, -0.05) is 13.0 Å². The maximum Gasteiger partial charge on any atom is 0.377 e. The van der Waals surface area contributed by atoms with Crippen molar-refractivity contribution < 1.29 is 5.02 Å². The van der Waals surface area contributed by atoms with Crippen LogP contribution >= 0.6 is 0 Å². The van der Waals surface area contributed by atoms with Crippen molar-refractivity contribution in [1.82, 2.24) is 4.81 Å². The van der Waals surface area contributed by atoms with Gasteiger partial charge in [-0.05, 0) is 25.7 Å². The molecule has 2 atom stereocenters. The molecule has 0 bridgehead atoms. The molecule has 3 heteroatoms. The van der Waals surface area contributed by atoms with Gasteiger partial charge in [0.25, 0.3) is 0 Å². The Morgan fingerprint density at radius 2 is 2.27 bits per heavy atom. The maximum atomic E-state index is 9.40. The lowest BCUT2D eigenvalue weighted by Gasteiger charge is -2.26. The van der Waals surface area contributed by atoms with E-state index in [2.05, 4.69) is 18.3 Å². The van der Waals surface area contributed by atoms with Crippen molar-refractivity contribution in [1.29, 1.82) is 0 Å². The molecule has 0 aromatic heterocycles. The lowest BCUT2D eigenvalue weighted by Crippen LogP contribution is -2.43. The Kier molecular flexibility index (Phi) is 2.74. The molecule has 0 spiro atoms. The summed E-state index contributed by atoms with van der Waals surface area (Å²) in [6.07, 6.45) is 4.23. The van der Waals surface area contributed by atoms with E-state index in [0.29, 0.717) is 12.1 Å². The third-order valence-corrected chi connectivity index (χ3v) is 2.48. The van der Waals surface area contributed by atoms with E-state index in [1.165, 1.54) is 6.42 Å². The van der Waals surface area contributed by atoms with Crippen molar-refractivity contribution in [3.05, 3.63) is 12.7 Å². The minimum absolute atomic E-state index is 0.338. The highest BCUT2D eigenvalue weighted by atomic mass is 16.2. The number of hydrogen-bond donors (Lipinski definition) is 1. The van der Waals surface area contributed by atoms with Crippen molar-refractivity contribution in [2.75, 3.05) is 0 Å². The van der Waals surface area contributed by atoms with Gasteiger partial charge in [0.1, 0.15) is 0 Å². The predicted molar refractivity (Wildman–Crippen MR) is 48.4 cm³/mol. The molecule has 1 saturated heterocycles. The van der Waals surface area contributed by atoms with E-state index in [9.17, 15) is 5.02 Å². The Hall–Kier alpha value is -0.275. The molecule has 11 heavy (non-hydrogen) atoms. The molecule has 2 nitrogen and oxygen atoms in total. The smallest absolute Gasteiger partial charge is 0.377 e. The van der Waals surface area contributed by atoms with Crippen molar-refractivity contribution >= 4 is 7.05 Å². The van der Waals surface area contributed by atoms with Gasteiger partial charge in [-0.2, -0.15) is 0 Å². The van der Waals surface area contributed by atoms with E-state index >= 15 is 0 Å². The van der Waals surface area contributed by atoms with E-state index in [1.807, 2.05) is 12.9 Å². The van der Waals surface area contributed by atoms with Gasteiger partial charge in [-0.3, -0.25) is 0 Å². The monoisotopic (exact) mass is 153 g/mol. The van der Waals surface area contributed by atoms with Gasteiger partial charge >= 0.3 is 7.05 Å². The first-order valence-corrected chi connectivity index (χ1v) is 4.25. The standard InChI is InChI=1S/C8H16BNO/c1-4-8-6-5-7(2)10(8)9(3)11/h4,7-8,11H,1,5-6H2,2-3H3/t7-,8?/m0/s1. The molecule has 1 aliphatic heterocycles. The first-order chi connectivity index (χ1) is 5.16. The summed E-state index contributed by atoms with van der Waals surface area (Å²) in [5.41, 5.74) is 0. The number of rotatable bonds is 2. The lowest BCUT2D eigenvalue weighted by atomic mass is 9.83. The van der Waals surface area contributed by atoms with Crippen molar-refractivity contribution in [2.45, 2.75) is 38.7 Å². The molecule has 0 aromatic carbocycles. The Labute approximate surface area is 69.0 Å². The van der Waals surface area contributed by atoms with Crippen LogP contribution in [0.15, 0.2) is 12.7 Å². The summed E-state index contributed by atoms with van der Waals surface area (Å²) in [6.45, 7) is 7.72. The minimum atomic E-state index is -0.338. The fraction of sp³-hybridized carbons (Fsp3) is 0.750. The van der Waals surface area contributed by atoms with Crippen LogP contribution in [0.1, 0.15) is 19.8 Å². The summed E-state index contributed by atoms with van der Waals surface area (Å²) in [7, 11) is -0.338. The number of nitrogens with zero attached hydrogens (tertiary/aromatic N) is 1. The highest BCUT2D eigenvalue weighted by molar-refractivity contribution is 6.45. The van der Waals surface area contributed by atoms with Gasteiger partial charge in [-0.15, -0.1) is 6.58 Å². The molecule has 1 heterocycles. The van der Waals surface area contributed by atoms with Gasteiger partial charge in [0.2, 0.25) is 0 Å². The second-order valence-corrected chi connectivity index (χ2v) is 3.31. The largest absolute Gasteiger partial charge is 0.437 e. The van der Waals surface area contributed by atoms with Crippen molar-refractivity contribution in [2.24, 2.45) is 0 Å². The Morgan fingerprint density at radius 1 is 1.64 bits per heavy atom. The molecule has 0 aliphatic carbocycles. The zero-order chi connectivity index (χ0) is 8.43. The van der Waals surface area contributed by atoms with Gasteiger partial charge in [0, 0.05) is 6.04 Å². The predicted octanol–water partition coefficient (Wildman–Crippen LogP) is 1.14. The molecular formula is C8H16BNO. The van der Waals surface area contributed by atoms with Crippen LogP contribution in [0.3, 0.4) is 0 Å². The molecule has 1 N–H and O–H groups in total. The van der Waals surface area contributed by atoms with Crippen LogP contribution < -0.4 is 0 Å². The first-order valence-electron chi connectivity index (χ1n) is 4.25. The molecule has 0 amide bonds. The minimum Gasteiger partial charge on any atom is -0.437 e. The Bertz CT molecular complexity index is 149. The van der Waals surface area contributed by atoms with E-state index < -0.39 is 0 Å². The van der Waals surface area contributed by atoms with Gasteiger partial charge in [0.15, 0.2) is 0 Å². The normalized spacial score (nSPS) is 32.3. The third kappa shape index (κ3) is 1.66. The van der Waals surface area contributed by atoms with Gasteiger partial charge in [0.05, 0.1) is 0 Å². The van der Waals surface area contributed by atoms with E-state index in [0.717, 1.165) is 6.42 Å². The van der Waals surface area contributed by atoms with Crippen molar-refractivity contribution in [3.63, 3.8) is 0 Å². The summed E-state index contributed by atoms with van der Waals surface area (Å²) in [4.78, 5) is 2.10. The highest BCUT2D eigenvalue weighted by Gasteiger charge is 2.33. The SMILES string of the molecule is C=CC1CC[C@H](C)N1B(C)O. The van der Waals surface area contributed by atoms with Crippen LogP contribution in [0.5, 0.6) is 0 Å². The van der Waals surface area contributed by atoms with Crippen LogP contribution in [0.2, 0.25) is 6.82 Å². The highest BCUT2D eigenvalue weighted by Crippen LogP contribution is 2.24. The van der Waals surface area contributed by atoms with Crippen LogP contribution in [-0.2, 0) is 0 Å². The van der Waals surface area contributed by atoms with Gasteiger partial charge in [-0.25, -0.2) is 0 Å². The van der Waals surface area contributed by atoms with Crippen LogP contribution in [0.25, 0.3) is 0 Å². The summed E-state index contributed by atoms with van der Waals surface area (Å²) in [5.74, 6) is 0. The van der Waals surface area contributed by atoms with Gasteiger partial charge < -0.3 is 9.83 Å².